The maximum atomic E-state index is 12.0. The number of rotatable bonds is 2. The van der Waals surface area contributed by atoms with Gasteiger partial charge in [-0.3, -0.25) is 9.59 Å². The maximum absolute atomic E-state index is 12.0. The van der Waals surface area contributed by atoms with E-state index < -0.39 is 17.9 Å². The van der Waals surface area contributed by atoms with Gasteiger partial charge in [0.1, 0.15) is 5.75 Å². The number of benzene rings is 1. The zero-order valence-electron chi connectivity index (χ0n) is 11.6. The number of ether oxygens (including phenoxy) is 1. The summed E-state index contributed by atoms with van der Waals surface area (Å²) in [6.45, 7) is 0.646. The Hall–Kier alpha value is -1.79. The molecule has 1 aliphatic rings. The van der Waals surface area contributed by atoms with Crippen molar-refractivity contribution >= 4 is 29.1 Å². The Balaban J connectivity index is 2.05. The maximum Gasteiger partial charge on any atom is 0.313 e. The van der Waals surface area contributed by atoms with Crippen LogP contribution in [0.25, 0.3) is 0 Å². The Morgan fingerprint density at radius 2 is 2.24 bits per heavy atom. The van der Waals surface area contributed by atoms with E-state index in [0.29, 0.717) is 35.8 Å². The predicted octanol–water partition coefficient (Wildman–Crippen LogP) is 1.27. The molecule has 0 aromatic heterocycles. The van der Waals surface area contributed by atoms with Gasteiger partial charge in [0.2, 0.25) is 0 Å². The van der Waals surface area contributed by atoms with Crippen LogP contribution in [0.5, 0.6) is 5.75 Å². The van der Waals surface area contributed by atoms with Crippen LogP contribution in [0.15, 0.2) is 18.2 Å². The fourth-order valence-electron chi connectivity index (χ4n) is 2.19. The summed E-state index contributed by atoms with van der Waals surface area (Å²) < 4.78 is 5.04. The smallest absolute Gasteiger partial charge is 0.313 e. The Morgan fingerprint density at radius 1 is 1.48 bits per heavy atom. The van der Waals surface area contributed by atoms with Crippen molar-refractivity contribution in [1.82, 2.24) is 4.90 Å². The quantitative estimate of drug-likeness (QED) is 0.806. The molecule has 1 aliphatic heterocycles. The molecule has 1 aromatic rings. The van der Waals surface area contributed by atoms with Crippen molar-refractivity contribution in [3.8, 4) is 5.75 Å². The van der Waals surface area contributed by atoms with Crippen LogP contribution in [0.4, 0.5) is 5.69 Å². The number of likely N-dealkylation sites (tertiary alicyclic amines) is 1. The second kappa shape index (κ2) is 6.78. The second-order valence-electron chi connectivity index (χ2n) is 4.85. The normalized spacial score (nSPS) is 18.2. The summed E-state index contributed by atoms with van der Waals surface area (Å²) in [6.07, 6.45) is 0.753. The summed E-state index contributed by atoms with van der Waals surface area (Å²) >= 11 is 5.98. The minimum absolute atomic E-state index is 0.179. The van der Waals surface area contributed by atoms with E-state index >= 15 is 0 Å². The number of aliphatic hydroxyl groups excluding tert-OH is 1. The van der Waals surface area contributed by atoms with Crippen molar-refractivity contribution in [2.24, 2.45) is 0 Å². The second-order valence-corrected chi connectivity index (χ2v) is 5.25. The third-order valence-electron chi connectivity index (χ3n) is 3.30. The highest BCUT2D eigenvalue weighted by Crippen LogP contribution is 2.26. The summed E-state index contributed by atoms with van der Waals surface area (Å²) in [5, 5.41) is 12.3. The molecular formula is C14H17ClN2O4. The average Bonchev–Trinajstić information content (AvgIpc) is 2.48. The number of nitrogens with zero attached hydrogens (tertiary/aromatic N) is 1. The topological polar surface area (TPSA) is 78.9 Å². The van der Waals surface area contributed by atoms with Gasteiger partial charge in [-0.15, -0.1) is 0 Å². The summed E-state index contributed by atoms with van der Waals surface area (Å²) in [7, 11) is 1.50. The Labute approximate surface area is 127 Å². The molecule has 1 heterocycles. The lowest BCUT2D eigenvalue weighted by Gasteiger charge is -2.29. The molecule has 2 N–H and O–H groups in total. The Kier molecular flexibility index (Phi) is 5.03. The van der Waals surface area contributed by atoms with Crippen molar-refractivity contribution < 1.29 is 19.4 Å². The number of nitrogens with one attached hydrogen (secondary N) is 1. The third-order valence-corrected chi connectivity index (χ3v) is 3.63. The van der Waals surface area contributed by atoms with E-state index in [0.717, 1.165) is 0 Å². The average molecular weight is 313 g/mol. The lowest BCUT2D eigenvalue weighted by molar-refractivity contribution is -0.145. The molecule has 1 saturated heterocycles. The summed E-state index contributed by atoms with van der Waals surface area (Å²) in [5.41, 5.74) is 0.312. The van der Waals surface area contributed by atoms with Gasteiger partial charge in [0.15, 0.2) is 0 Å². The molecule has 0 saturated carbocycles. The van der Waals surface area contributed by atoms with Crippen LogP contribution < -0.4 is 10.1 Å². The molecule has 2 rings (SSSR count). The van der Waals surface area contributed by atoms with Crippen molar-refractivity contribution in [3.05, 3.63) is 23.2 Å². The van der Waals surface area contributed by atoms with Gasteiger partial charge in [0.05, 0.1) is 23.9 Å². The minimum Gasteiger partial charge on any atom is -0.497 e. The number of anilines is 1. The van der Waals surface area contributed by atoms with E-state index in [9.17, 15) is 14.7 Å². The number of piperidine rings is 1. The van der Waals surface area contributed by atoms with Gasteiger partial charge >= 0.3 is 11.8 Å². The van der Waals surface area contributed by atoms with E-state index in [-0.39, 0.29) is 6.54 Å². The number of aliphatic hydroxyl groups is 1. The van der Waals surface area contributed by atoms with Gasteiger partial charge in [-0.2, -0.15) is 0 Å². The fourth-order valence-corrected chi connectivity index (χ4v) is 2.35. The highest BCUT2D eigenvalue weighted by atomic mass is 35.5. The van der Waals surface area contributed by atoms with Gasteiger partial charge in [-0.05, 0) is 25.0 Å². The molecule has 1 fully saturated rings. The molecule has 6 nitrogen and oxygen atoms in total. The lowest BCUT2D eigenvalue weighted by atomic mass is 10.1. The Bertz CT molecular complexity index is 550. The molecule has 0 spiro atoms. The largest absolute Gasteiger partial charge is 0.497 e. The van der Waals surface area contributed by atoms with Gasteiger partial charge in [-0.25, -0.2) is 0 Å². The van der Waals surface area contributed by atoms with Crippen LogP contribution >= 0.6 is 11.6 Å². The molecule has 0 aliphatic carbocycles. The molecule has 21 heavy (non-hydrogen) atoms. The first-order chi connectivity index (χ1) is 10.0. The number of hydrogen-bond acceptors (Lipinski definition) is 4. The van der Waals surface area contributed by atoms with Gasteiger partial charge < -0.3 is 20.1 Å². The van der Waals surface area contributed by atoms with Crippen LogP contribution in [0.3, 0.4) is 0 Å². The first-order valence-corrected chi connectivity index (χ1v) is 7.01. The number of methoxy groups -OCH3 is 1. The van der Waals surface area contributed by atoms with Crippen molar-refractivity contribution in [3.63, 3.8) is 0 Å². The summed E-state index contributed by atoms with van der Waals surface area (Å²) in [5.74, 6) is -0.928. The standard InChI is InChI=1S/C14H17ClN2O4/c1-21-10-4-5-11(15)12(7-10)16-13(19)14(20)17-6-2-3-9(18)8-17/h4-5,7,9,18H,2-3,6,8H2,1H3,(H,16,19). The van der Waals surface area contributed by atoms with Gasteiger partial charge in [0, 0.05) is 19.2 Å². The molecule has 1 aromatic carbocycles. The minimum atomic E-state index is -0.778. The van der Waals surface area contributed by atoms with Crippen LogP contribution in [-0.2, 0) is 9.59 Å². The van der Waals surface area contributed by atoms with Crippen molar-refractivity contribution in [2.75, 3.05) is 25.5 Å². The number of hydrogen-bond donors (Lipinski definition) is 2. The highest BCUT2D eigenvalue weighted by Gasteiger charge is 2.27. The number of carbonyl (C=O) groups excluding carboxylic acids is 2. The van der Waals surface area contributed by atoms with E-state index in [4.69, 9.17) is 16.3 Å². The number of amides is 2. The molecule has 114 valence electrons. The first-order valence-electron chi connectivity index (χ1n) is 6.63. The highest BCUT2D eigenvalue weighted by molar-refractivity contribution is 6.41. The monoisotopic (exact) mass is 312 g/mol. The van der Waals surface area contributed by atoms with E-state index in [1.807, 2.05) is 0 Å². The SMILES string of the molecule is COc1ccc(Cl)c(NC(=O)C(=O)N2CCCC(O)C2)c1. The zero-order chi connectivity index (χ0) is 15.4. The van der Waals surface area contributed by atoms with Crippen LogP contribution in [0.1, 0.15) is 12.8 Å². The predicted molar refractivity (Wildman–Crippen MR) is 78.5 cm³/mol. The first kappa shape index (κ1) is 15.6. The molecule has 0 bridgehead atoms. The van der Waals surface area contributed by atoms with Crippen LogP contribution in [0.2, 0.25) is 5.02 Å². The molecule has 1 unspecified atom stereocenters. The van der Waals surface area contributed by atoms with Gasteiger partial charge in [-0.1, -0.05) is 11.6 Å². The van der Waals surface area contributed by atoms with Crippen molar-refractivity contribution in [2.45, 2.75) is 18.9 Å². The van der Waals surface area contributed by atoms with Crippen molar-refractivity contribution in [1.29, 1.82) is 0 Å². The number of β-amino-alcohol motifs (C(OH)–C–C–N with tert-alkyl or cyclic N) is 1. The zero-order valence-corrected chi connectivity index (χ0v) is 12.4. The summed E-state index contributed by atoms with van der Waals surface area (Å²) in [4.78, 5) is 25.4. The van der Waals surface area contributed by atoms with Crippen LogP contribution in [-0.4, -0.2) is 48.1 Å². The van der Waals surface area contributed by atoms with E-state index in [1.54, 1.807) is 18.2 Å². The number of carbonyl (C=O) groups is 2. The molecule has 0 radical (unpaired) electrons. The molecular weight excluding hydrogens is 296 g/mol. The molecule has 1 atom stereocenters. The third kappa shape index (κ3) is 3.86. The molecule has 2 amide bonds. The van der Waals surface area contributed by atoms with Gasteiger partial charge in [0.25, 0.3) is 0 Å². The van der Waals surface area contributed by atoms with E-state index in [2.05, 4.69) is 5.32 Å². The number of halogens is 1. The molecule has 7 heteroatoms. The summed E-state index contributed by atoms with van der Waals surface area (Å²) in [6, 6.07) is 4.77. The fraction of sp³-hybridized carbons (Fsp3) is 0.429. The Morgan fingerprint density at radius 3 is 2.90 bits per heavy atom. The van der Waals surface area contributed by atoms with Crippen LogP contribution in [0, 0.1) is 0 Å². The van der Waals surface area contributed by atoms with E-state index in [1.165, 1.54) is 12.0 Å². The lowest BCUT2D eigenvalue weighted by Crippen LogP contribution is -2.46.